The number of hydrogen-bond acceptors (Lipinski definition) is 5. The Balaban J connectivity index is 2.14. The Morgan fingerprint density at radius 2 is 1.39 bits per heavy atom. The van der Waals surface area contributed by atoms with Crippen LogP contribution in [0.25, 0.3) is 0 Å². The van der Waals surface area contributed by atoms with Crippen molar-refractivity contribution < 1.29 is 23.1 Å². The highest BCUT2D eigenvalue weighted by molar-refractivity contribution is 6.74. The largest absolute Gasteiger partial charge is 0.411 e. The second kappa shape index (κ2) is 9.84. The summed E-state index contributed by atoms with van der Waals surface area (Å²) in [5.41, 5.74) is 0. The Morgan fingerprint density at radius 1 is 0.903 bits per heavy atom. The Labute approximate surface area is 194 Å². The number of epoxide rings is 1. The van der Waals surface area contributed by atoms with Crippen LogP contribution in [0, 0.1) is 0 Å². The van der Waals surface area contributed by atoms with Crippen LogP contribution < -0.4 is 0 Å². The van der Waals surface area contributed by atoms with Crippen molar-refractivity contribution in [3.8, 4) is 0 Å². The predicted octanol–water partition coefficient (Wildman–Crippen LogP) is 6.49. The Bertz CT molecular complexity index is 577. The minimum atomic E-state index is -1.98. The van der Waals surface area contributed by atoms with Gasteiger partial charge in [-0.2, -0.15) is 0 Å². The van der Waals surface area contributed by atoms with Crippen LogP contribution >= 0.6 is 0 Å². The van der Waals surface area contributed by atoms with Crippen LogP contribution in [0.1, 0.15) is 74.7 Å². The van der Waals surface area contributed by atoms with Gasteiger partial charge < -0.3 is 23.1 Å². The van der Waals surface area contributed by atoms with Crippen LogP contribution in [-0.4, -0.2) is 60.1 Å². The van der Waals surface area contributed by atoms with E-state index in [-0.39, 0.29) is 40.8 Å². The van der Waals surface area contributed by atoms with Crippen LogP contribution in [0.15, 0.2) is 0 Å². The molecule has 2 rings (SSSR count). The third-order valence-corrected chi connectivity index (χ3v) is 16.8. The van der Waals surface area contributed by atoms with Gasteiger partial charge in [-0.1, -0.05) is 41.5 Å². The Hall–Kier alpha value is 0.234. The van der Waals surface area contributed by atoms with Crippen molar-refractivity contribution in [3.05, 3.63) is 0 Å². The van der Waals surface area contributed by atoms with Gasteiger partial charge in [0.1, 0.15) is 0 Å². The lowest BCUT2D eigenvalue weighted by Gasteiger charge is -2.48. The highest BCUT2D eigenvalue weighted by Crippen LogP contribution is 2.42. The van der Waals surface area contributed by atoms with Crippen molar-refractivity contribution >= 4 is 16.6 Å². The van der Waals surface area contributed by atoms with Gasteiger partial charge in [0.15, 0.2) is 22.9 Å². The van der Waals surface area contributed by atoms with Gasteiger partial charge in [-0.15, -0.1) is 0 Å². The summed E-state index contributed by atoms with van der Waals surface area (Å²) in [5, 5.41) is 0.292. The fourth-order valence-electron chi connectivity index (χ4n) is 3.35. The lowest BCUT2D eigenvalue weighted by molar-refractivity contribution is -0.268. The van der Waals surface area contributed by atoms with Crippen molar-refractivity contribution in [2.45, 2.75) is 148 Å². The highest BCUT2D eigenvalue weighted by atomic mass is 28.4. The average molecular weight is 475 g/mol. The maximum Gasteiger partial charge on any atom is 0.192 e. The Kier molecular flexibility index (Phi) is 8.73. The van der Waals surface area contributed by atoms with E-state index in [1.165, 1.54) is 0 Å². The molecule has 0 aliphatic carbocycles. The quantitative estimate of drug-likeness (QED) is 0.282. The summed E-state index contributed by atoms with van der Waals surface area (Å²) >= 11 is 0. The van der Waals surface area contributed by atoms with E-state index in [2.05, 4.69) is 81.6 Å². The molecule has 2 fully saturated rings. The summed E-state index contributed by atoms with van der Waals surface area (Å²) in [6.45, 7) is 28.1. The van der Waals surface area contributed by atoms with E-state index >= 15 is 0 Å². The Morgan fingerprint density at radius 3 is 1.84 bits per heavy atom. The SMILES string of the molecule is CC(CCC1CO1)O[C@@H]1O[C@@H](C)[C@H](O[Si](C)(C)C(C)(C)C)C[C@H]1O[Si](C)(C)C(C)(C)C. The summed E-state index contributed by atoms with van der Waals surface area (Å²) in [6, 6.07) is 0. The molecule has 2 heterocycles. The van der Waals surface area contributed by atoms with Crippen molar-refractivity contribution in [1.82, 2.24) is 0 Å². The van der Waals surface area contributed by atoms with E-state index in [4.69, 9.17) is 23.1 Å². The highest BCUT2D eigenvalue weighted by Gasteiger charge is 2.48. The van der Waals surface area contributed by atoms with Crippen LogP contribution in [0.5, 0.6) is 0 Å². The second-order valence-electron chi connectivity index (χ2n) is 12.8. The van der Waals surface area contributed by atoms with E-state index in [0.717, 1.165) is 25.9 Å². The van der Waals surface area contributed by atoms with Gasteiger partial charge in [-0.05, 0) is 63.0 Å². The van der Waals surface area contributed by atoms with Gasteiger partial charge in [-0.3, -0.25) is 0 Å². The van der Waals surface area contributed by atoms with E-state index < -0.39 is 16.6 Å². The van der Waals surface area contributed by atoms with Gasteiger partial charge in [0.2, 0.25) is 0 Å². The second-order valence-corrected chi connectivity index (χ2v) is 22.3. The van der Waals surface area contributed by atoms with Gasteiger partial charge >= 0.3 is 0 Å². The molecule has 0 aromatic carbocycles. The topological polar surface area (TPSA) is 49.5 Å². The first-order valence-electron chi connectivity index (χ1n) is 12.2. The number of rotatable bonds is 9. The van der Waals surface area contributed by atoms with Crippen molar-refractivity contribution in [2.24, 2.45) is 0 Å². The molecule has 0 spiro atoms. The summed E-state index contributed by atoms with van der Waals surface area (Å²) in [7, 11) is -3.89. The molecule has 5 nitrogen and oxygen atoms in total. The lowest BCUT2D eigenvalue weighted by Crippen LogP contribution is -2.57. The maximum absolute atomic E-state index is 6.87. The number of ether oxygens (including phenoxy) is 3. The fourth-order valence-corrected chi connectivity index (χ4v) is 6.06. The molecule has 0 amide bonds. The average Bonchev–Trinajstić information content (AvgIpc) is 3.39. The van der Waals surface area contributed by atoms with E-state index in [1.54, 1.807) is 0 Å². The van der Waals surface area contributed by atoms with Gasteiger partial charge in [-0.25, -0.2) is 0 Å². The van der Waals surface area contributed by atoms with Gasteiger partial charge in [0.05, 0.1) is 37.1 Å². The molecule has 0 aromatic rings. The first-order chi connectivity index (χ1) is 13.9. The van der Waals surface area contributed by atoms with E-state index in [1.807, 2.05) is 0 Å². The third-order valence-electron chi connectivity index (χ3n) is 7.81. The molecular formula is C24H50O5Si2. The van der Waals surface area contributed by atoms with E-state index in [0.29, 0.717) is 6.10 Å². The monoisotopic (exact) mass is 474 g/mol. The predicted molar refractivity (Wildman–Crippen MR) is 133 cm³/mol. The molecule has 2 unspecified atom stereocenters. The molecule has 6 atom stereocenters. The molecule has 7 heteroatoms. The normalized spacial score (nSPS) is 31.5. The van der Waals surface area contributed by atoms with Crippen LogP contribution in [0.4, 0.5) is 0 Å². The molecule has 0 saturated carbocycles. The molecule has 2 saturated heterocycles. The summed E-state index contributed by atoms with van der Waals surface area (Å²) in [6.07, 6.45) is 2.96. The zero-order valence-electron chi connectivity index (χ0n) is 22.3. The van der Waals surface area contributed by atoms with Crippen molar-refractivity contribution in [3.63, 3.8) is 0 Å². The fraction of sp³-hybridized carbons (Fsp3) is 1.00. The van der Waals surface area contributed by atoms with E-state index in [9.17, 15) is 0 Å². The molecule has 31 heavy (non-hydrogen) atoms. The maximum atomic E-state index is 6.87. The first-order valence-corrected chi connectivity index (χ1v) is 18.0. The van der Waals surface area contributed by atoms with Crippen LogP contribution in [-0.2, 0) is 23.1 Å². The molecule has 2 aliphatic heterocycles. The minimum absolute atomic E-state index is 0.0163. The van der Waals surface area contributed by atoms with Crippen molar-refractivity contribution in [1.29, 1.82) is 0 Å². The summed E-state index contributed by atoms with van der Waals surface area (Å²) in [5.74, 6) is 0. The minimum Gasteiger partial charge on any atom is -0.411 e. The smallest absolute Gasteiger partial charge is 0.192 e. The first kappa shape index (κ1) is 27.5. The zero-order valence-corrected chi connectivity index (χ0v) is 24.3. The third kappa shape index (κ3) is 7.62. The zero-order chi connectivity index (χ0) is 23.8. The summed E-state index contributed by atoms with van der Waals surface area (Å²) in [4.78, 5) is 0. The van der Waals surface area contributed by atoms with Gasteiger partial charge in [0, 0.05) is 6.42 Å². The molecule has 184 valence electrons. The van der Waals surface area contributed by atoms with Crippen LogP contribution in [0.2, 0.25) is 36.3 Å². The van der Waals surface area contributed by atoms with Crippen LogP contribution in [0.3, 0.4) is 0 Å². The molecular weight excluding hydrogens is 424 g/mol. The number of hydrogen-bond donors (Lipinski definition) is 0. The lowest BCUT2D eigenvalue weighted by atomic mass is 10.0. The standard InChI is InChI=1S/C24H50O5Si2/c1-17(13-14-19-16-25-19)26-22-21(29-31(11,12)24(6,7)8)15-20(18(2)27-22)28-30(9,10)23(3,4)5/h17-22H,13-16H2,1-12H3/t17?,18-,19?,20+,21+,22+/m0/s1. The molecule has 2 aliphatic rings. The van der Waals surface area contributed by atoms with Gasteiger partial charge in [0.25, 0.3) is 0 Å². The molecule has 0 N–H and O–H groups in total. The summed E-state index contributed by atoms with van der Waals surface area (Å²) < 4.78 is 31.9. The molecule has 0 radical (unpaired) electrons. The molecule has 0 aromatic heterocycles. The molecule has 0 bridgehead atoms. The van der Waals surface area contributed by atoms with Crippen molar-refractivity contribution in [2.75, 3.05) is 6.61 Å².